The molecule has 2 aliphatic heterocycles. The molecule has 0 bridgehead atoms. The van der Waals surface area contributed by atoms with Crippen molar-refractivity contribution in [2.75, 3.05) is 26.0 Å². The second-order valence-corrected chi connectivity index (χ2v) is 11.0. The first-order valence-electron chi connectivity index (χ1n) is 13.5. The fraction of sp³-hybridized carbons (Fsp3) is 0.303. The summed E-state index contributed by atoms with van der Waals surface area (Å²) in [5.74, 6) is 0.616. The van der Waals surface area contributed by atoms with E-state index < -0.39 is 5.82 Å². The molecule has 0 aliphatic carbocycles. The van der Waals surface area contributed by atoms with E-state index in [2.05, 4.69) is 39.1 Å². The number of unbranched alkanes of at least 4 members (excludes halogenated alkanes) is 1. The Bertz CT molecular complexity index is 1570. The number of rotatable bonds is 6. The third-order valence-electron chi connectivity index (χ3n) is 7.40. The minimum atomic E-state index is -0.479. The molecular formula is C33H35FN2O4. The Labute approximate surface area is 234 Å². The fourth-order valence-corrected chi connectivity index (χ4v) is 5.63. The lowest BCUT2D eigenvalue weighted by Gasteiger charge is -2.35. The van der Waals surface area contributed by atoms with Crippen LogP contribution in [-0.4, -0.2) is 42.2 Å². The molecule has 1 amide bonds. The molecule has 208 valence electrons. The van der Waals surface area contributed by atoms with Gasteiger partial charge in [-0.2, -0.15) is 0 Å². The second-order valence-electron chi connectivity index (χ2n) is 11.0. The molecule has 2 N–H and O–H groups in total. The predicted octanol–water partition coefficient (Wildman–Crippen LogP) is 7.58. The lowest BCUT2D eigenvalue weighted by molar-refractivity contribution is 0.0792. The number of nitrogens with zero attached hydrogens (tertiary/aromatic N) is 1. The van der Waals surface area contributed by atoms with Crippen LogP contribution in [0.4, 0.5) is 10.1 Å². The van der Waals surface area contributed by atoms with E-state index in [0.29, 0.717) is 34.9 Å². The number of carbonyl (C=O) groups excluding carboxylic acids is 1. The number of allylic oxidation sites excluding steroid dienone is 1. The Kier molecular flexibility index (Phi) is 7.08. The number of aromatic hydroxyl groups is 1. The quantitative estimate of drug-likeness (QED) is 0.336. The fourth-order valence-electron chi connectivity index (χ4n) is 5.63. The van der Waals surface area contributed by atoms with Crippen molar-refractivity contribution in [3.63, 3.8) is 0 Å². The van der Waals surface area contributed by atoms with Crippen molar-refractivity contribution in [3.8, 4) is 28.4 Å². The largest absolute Gasteiger partial charge is 0.504 e. The molecule has 2 heterocycles. The van der Waals surface area contributed by atoms with Gasteiger partial charge in [0, 0.05) is 41.5 Å². The molecule has 3 aromatic rings. The molecular weight excluding hydrogens is 507 g/mol. The van der Waals surface area contributed by atoms with Crippen LogP contribution in [0.1, 0.15) is 67.6 Å². The monoisotopic (exact) mass is 542 g/mol. The Morgan fingerprint density at radius 1 is 1.15 bits per heavy atom. The van der Waals surface area contributed by atoms with Gasteiger partial charge in [0.1, 0.15) is 17.3 Å². The first-order valence-corrected chi connectivity index (χ1v) is 13.5. The molecule has 0 saturated carbocycles. The van der Waals surface area contributed by atoms with Gasteiger partial charge in [0.2, 0.25) is 0 Å². The average Bonchev–Trinajstić information content (AvgIpc) is 2.91. The smallest absolute Gasteiger partial charge is 0.254 e. The predicted molar refractivity (Wildman–Crippen MR) is 158 cm³/mol. The summed E-state index contributed by atoms with van der Waals surface area (Å²) in [5, 5.41) is 14.2. The van der Waals surface area contributed by atoms with Crippen molar-refractivity contribution in [3.05, 3.63) is 76.6 Å². The summed E-state index contributed by atoms with van der Waals surface area (Å²) in [7, 11) is 3.25. The molecule has 40 heavy (non-hydrogen) atoms. The summed E-state index contributed by atoms with van der Waals surface area (Å²) in [6, 6.07) is 11.5. The number of amides is 1. The summed E-state index contributed by atoms with van der Waals surface area (Å²) >= 11 is 0. The van der Waals surface area contributed by atoms with Crippen molar-refractivity contribution < 1.29 is 23.8 Å². The number of ether oxygens (including phenoxy) is 2. The van der Waals surface area contributed by atoms with Gasteiger partial charge in [-0.05, 0) is 74.7 Å². The number of carbonyl (C=O) groups is 1. The molecule has 5 rings (SSSR count). The number of halogens is 1. The van der Waals surface area contributed by atoms with Crippen LogP contribution < -0.4 is 14.8 Å². The highest BCUT2D eigenvalue weighted by Gasteiger charge is 2.33. The van der Waals surface area contributed by atoms with E-state index in [1.807, 2.05) is 12.1 Å². The highest BCUT2D eigenvalue weighted by molar-refractivity contribution is 6.04. The molecule has 0 saturated heterocycles. The summed E-state index contributed by atoms with van der Waals surface area (Å²) in [6.45, 7) is 8.91. The SMILES string of the molecule is CCCCN(C)C(=O)c1cc(F)ccc1/C=C1\Oc2ccc(O)c(OC)c2-c2ccc3c(c21)C(C)=CC(C)(C)N3. The van der Waals surface area contributed by atoms with Gasteiger partial charge in [0.25, 0.3) is 5.91 Å². The van der Waals surface area contributed by atoms with E-state index in [-0.39, 0.29) is 22.8 Å². The van der Waals surface area contributed by atoms with E-state index in [9.17, 15) is 14.3 Å². The number of anilines is 1. The van der Waals surface area contributed by atoms with Gasteiger partial charge in [0.15, 0.2) is 11.5 Å². The Morgan fingerprint density at radius 3 is 2.65 bits per heavy atom. The van der Waals surface area contributed by atoms with E-state index in [1.165, 1.54) is 25.3 Å². The normalized spacial score (nSPS) is 15.7. The number of phenolic OH excluding ortho intramolecular Hbond substituents is 1. The average molecular weight is 543 g/mol. The maximum Gasteiger partial charge on any atom is 0.254 e. The second kappa shape index (κ2) is 10.4. The van der Waals surface area contributed by atoms with Gasteiger partial charge in [0.05, 0.1) is 18.2 Å². The summed E-state index contributed by atoms with van der Waals surface area (Å²) in [4.78, 5) is 15.0. The minimum Gasteiger partial charge on any atom is -0.504 e. The molecule has 0 unspecified atom stereocenters. The molecule has 0 spiro atoms. The first-order chi connectivity index (χ1) is 19.0. The summed E-state index contributed by atoms with van der Waals surface area (Å²) < 4.78 is 26.6. The van der Waals surface area contributed by atoms with Crippen LogP contribution in [0.25, 0.3) is 28.5 Å². The highest BCUT2D eigenvalue weighted by atomic mass is 19.1. The van der Waals surface area contributed by atoms with E-state index in [4.69, 9.17) is 9.47 Å². The third-order valence-corrected chi connectivity index (χ3v) is 7.40. The van der Waals surface area contributed by atoms with Gasteiger partial charge < -0.3 is 24.8 Å². The number of benzene rings is 3. The van der Waals surface area contributed by atoms with Gasteiger partial charge >= 0.3 is 0 Å². The molecule has 7 heteroatoms. The Hall–Kier alpha value is -4.26. The molecule has 3 aromatic carbocycles. The maximum atomic E-state index is 14.4. The summed E-state index contributed by atoms with van der Waals surface area (Å²) in [5.41, 5.74) is 5.78. The standard InChI is InChI=1S/C33H35FN2O4/c1-7-8-15-36(5)32(38)23-17-21(34)10-9-20(23)16-27-29-22(30-26(40-27)14-13-25(37)31(30)39-6)11-12-24-28(29)19(2)18-33(3,4)35-24/h9-14,16-18,35,37H,7-8,15H2,1-6H3/b27-16-. The van der Waals surface area contributed by atoms with Gasteiger partial charge in [-0.1, -0.05) is 31.6 Å². The van der Waals surface area contributed by atoms with Crippen molar-refractivity contribution in [1.82, 2.24) is 4.90 Å². The number of hydrogen-bond donors (Lipinski definition) is 2. The number of phenols is 1. The minimum absolute atomic E-state index is 0.00834. The zero-order valence-corrected chi connectivity index (χ0v) is 23.8. The summed E-state index contributed by atoms with van der Waals surface area (Å²) in [6.07, 6.45) is 5.77. The van der Waals surface area contributed by atoms with E-state index in [1.54, 1.807) is 30.2 Å². The molecule has 0 radical (unpaired) electrons. The van der Waals surface area contributed by atoms with Crippen molar-refractivity contribution in [2.45, 2.75) is 46.1 Å². The molecule has 0 aromatic heterocycles. The lowest BCUT2D eigenvalue weighted by atomic mass is 9.82. The molecule has 0 fully saturated rings. The van der Waals surface area contributed by atoms with Crippen LogP contribution in [0.3, 0.4) is 0 Å². The van der Waals surface area contributed by atoms with Crippen LogP contribution in [0.2, 0.25) is 0 Å². The highest BCUT2D eigenvalue weighted by Crippen LogP contribution is 2.54. The topological polar surface area (TPSA) is 71.0 Å². The van der Waals surface area contributed by atoms with E-state index in [0.717, 1.165) is 40.8 Å². The van der Waals surface area contributed by atoms with Crippen LogP contribution in [0.15, 0.2) is 48.5 Å². The van der Waals surface area contributed by atoms with Crippen molar-refractivity contribution in [2.24, 2.45) is 0 Å². The molecule has 2 aliphatic rings. The molecule has 6 nitrogen and oxygen atoms in total. The number of fused-ring (bicyclic) bond motifs is 5. The van der Waals surface area contributed by atoms with Gasteiger partial charge in [-0.15, -0.1) is 0 Å². The number of methoxy groups -OCH3 is 1. The van der Waals surface area contributed by atoms with Gasteiger partial charge in [-0.3, -0.25) is 4.79 Å². The lowest BCUT2D eigenvalue weighted by Crippen LogP contribution is -2.32. The Balaban J connectivity index is 1.76. The maximum absolute atomic E-state index is 14.4. The van der Waals surface area contributed by atoms with Crippen LogP contribution in [0, 0.1) is 5.82 Å². The number of nitrogens with one attached hydrogen (secondary N) is 1. The van der Waals surface area contributed by atoms with Gasteiger partial charge in [-0.25, -0.2) is 4.39 Å². The molecule has 0 atom stereocenters. The van der Waals surface area contributed by atoms with Crippen LogP contribution in [0.5, 0.6) is 17.2 Å². The Morgan fingerprint density at radius 2 is 1.93 bits per heavy atom. The zero-order valence-electron chi connectivity index (χ0n) is 23.8. The third kappa shape index (κ3) is 4.81. The zero-order chi connectivity index (χ0) is 28.8. The van der Waals surface area contributed by atoms with Crippen molar-refractivity contribution >= 4 is 29.0 Å². The van der Waals surface area contributed by atoms with Crippen LogP contribution >= 0.6 is 0 Å². The van der Waals surface area contributed by atoms with E-state index >= 15 is 0 Å². The number of hydrogen-bond acceptors (Lipinski definition) is 5. The first kappa shape index (κ1) is 27.3. The van der Waals surface area contributed by atoms with Crippen LogP contribution in [-0.2, 0) is 0 Å². The van der Waals surface area contributed by atoms with Crippen molar-refractivity contribution in [1.29, 1.82) is 0 Å².